The lowest BCUT2D eigenvalue weighted by Gasteiger charge is -2.16. The molecular formula is C14H18FNO2S. The molecule has 0 heterocycles. The van der Waals surface area contributed by atoms with Crippen molar-refractivity contribution in [3.63, 3.8) is 0 Å². The van der Waals surface area contributed by atoms with Gasteiger partial charge in [-0.2, -0.15) is 11.8 Å². The summed E-state index contributed by atoms with van der Waals surface area (Å²) in [4.78, 5) is 11.1. The third-order valence-corrected chi connectivity index (χ3v) is 4.61. The maximum absolute atomic E-state index is 13.5. The van der Waals surface area contributed by atoms with E-state index in [2.05, 4.69) is 12.2 Å². The Balaban J connectivity index is 2.08. The van der Waals surface area contributed by atoms with Crippen molar-refractivity contribution in [2.75, 3.05) is 11.1 Å². The number of benzene rings is 1. The molecule has 0 aromatic heterocycles. The Morgan fingerprint density at radius 2 is 2.32 bits per heavy atom. The molecule has 1 saturated carbocycles. The van der Waals surface area contributed by atoms with E-state index in [4.69, 9.17) is 5.11 Å². The van der Waals surface area contributed by atoms with E-state index in [1.807, 2.05) is 11.8 Å². The van der Waals surface area contributed by atoms with Crippen LogP contribution in [0.15, 0.2) is 18.2 Å². The summed E-state index contributed by atoms with van der Waals surface area (Å²) in [7, 11) is 0. The van der Waals surface area contributed by atoms with Gasteiger partial charge in [0.15, 0.2) is 0 Å². The minimum absolute atomic E-state index is 0.240. The molecule has 0 bridgehead atoms. The normalized spacial score (nSPS) is 22.4. The summed E-state index contributed by atoms with van der Waals surface area (Å²) in [6.07, 6.45) is 3.15. The van der Waals surface area contributed by atoms with Crippen molar-refractivity contribution in [1.29, 1.82) is 0 Å². The maximum Gasteiger partial charge on any atom is 0.340 e. The average Bonchev–Trinajstić information content (AvgIpc) is 2.76. The Morgan fingerprint density at radius 3 is 3.00 bits per heavy atom. The van der Waals surface area contributed by atoms with Crippen LogP contribution in [0.2, 0.25) is 0 Å². The van der Waals surface area contributed by atoms with Gasteiger partial charge in [0.1, 0.15) is 11.4 Å². The maximum atomic E-state index is 13.5. The molecule has 1 aliphatic carbocycles. The fourth-order valence-electron chi connectivity index (χ4n) is 2.54. The summed E-state index contributed by atoms with van der Waals surface area (Å²) in [6.45, 7) is 2.14. The highest BCUT2D eigenvalue weighted by molar-refractivity contribution is 7.99. The number of hydrogen-bond donors (Lipinski definition) is 2. The summed E-state index contributed by atoms with van der Waals surface area (Å²) in [6, 6.07) is 4.59. The van der Waals surface area contributed by atoms with Crippen LogP contribution >= 0.6 is 11.8 Å². The quantitative estimate of drug-likeness (QED) is 0.866. The molecule has 1 aliphatic rings. The minimum Gasteiger partial charge on any atom is -0.478 e. The molecule has 104 valence electrons. The number of carboxylic acids is 1. The Hall–Kier alpha value is -1.23. The molecule has 0 radical (unpaired) electrons. The zero-order chi connectivity index (χ0) is 13.8. The molecule has 19 heavy (non-hydrogen) atoms. The van der Waals surface area contributed by atoms with Gasteiger partial charge in [0.25, 0.3) is 0 Å². The van der Waals surface area contributed by atoms with Crippen LogP contribution in [0.5, 0.6) is 0 Å². The number of hydrogen-bond acceptors (Lipinski definition) is 3. The molecule has 0 aliphatic heterocycles. The van der Waals surface area contributed by atoms with E-state index in [1.165, 1.54) is 12.1 Å². The van der Waals surface area contributed by atoms with Gasteiger partial charge >= 0.3 is 5.97 Å². The van der Waals surface area contributed by atoms with E-state index in [0.717, 1.165) is 25.0 Å². The number of rotatable bonds is 5. The summed E-state index contributed by atoms with van der Waals surface area (Å²) in [5, 5.41) is 12.9. The molecule has 2 atom stereocenters. The van der Waals surface area contributed by atoms with Gasteiger partial charge in [-0.05, 0) is 37.1 Å². The van der Waals surface area contributed by atoms with Crippen LogP contribution in [0.3, 0.4) is 0 Å². The second-order valence-electron chi connectivity index (χ2n) is 4.70. The van der Waals surface area contributed by atoms with E-state index in [-0.39, 0.29) is 11.6 Å². The van der Waals surface area contributed by atoms with Gasteiger partial charge in [-0.3, -0.25) is 0 Å². The monoisotopic (exact) mass is 283 g/mol. The zero-order valence-electron chi connectivity index (χ0n) is 10.9. The second-order valence-corrected chi connectivity index (χ2v) is 6.28. The van der Waals surface area contributed by atoms with E-state index < -0.39 is 11.8 Å². The largest absolute Gasteiger partial charge is 0.478 e. The molecule has 1 fully saturated rings. The highest BCUT2D eigenvalue weighted by Crippen LogP contribution is 2.32. The Kier molecular flexibility index (Phi) is 4.69. The highest BCUT2D eigenvalue weighted by Gasteiger charge is 2.26. The average molecular weight is 283 g/mol. The third-order valence-electron chi connectivity index (χ3n) is 3.37. The van der Waals surface area contributed by atoms with Crippen molar-refractivity contribution >= 4 is 23.4 Å². The van der Waals surface area contributed by atoms with Crippen LogP contribution in [-0.4, -0.2) is 28.1 Å². The topological polar surface area (TPSA) is 49.3 Å². The molecule has 2 rings (SSSR count). The van der Waals surface area contributed by atoms with Crippen LogP contribution in [0.4, 0.5) is 10.1 Å². The van der Waals surface area contributed by atoms with E-state index in [9.17, 15) is 9.18 Å². The zero-order valence-corrected chi connectivity index (χ0v) is 11.7. The number of thioether (sulfide) groups is 1. The van der Waals surface area contributed by atoms with Crippen LogP contribution in [0.1, 0.15) is 36.5 Å². The highest BCUT2D eigenvalue weighted by atomic mass is 32.2. The number of aromatic carboxylic acids is 1. The molecule has 5 heteroatoms. The first-order chi connectivity index (χ1) is 9.11. The second kappa shape index (κ2) is 6.28. The van der Waals surface area contributed by atoms with Crippen molar-refractivity contribution < 1.29 is 14.3 Å². The minimum atomic E-state index is -1.22. The molecule has 1 aromatic rings. The number of nitrogens with one attached hydrogen (secondary N) is 1. The standard InChI is InChI=1S/C14H18FNO2S/c1-2-19-10-7-6-9(8-10)16-12-5-3-4-11(15)13(12)14(17)18/h3-5,9-10,16H,2,6-8H2,1H3,(H,17,18). The SMILES string of the molecule is CCSC1CCC(Nc2cccc(F)c2C(=O)O)C1. The predicted octanol–water partition coefficient (Wildman–Crippen LogP) is 3.61. The van der Waals surface area contributed by atoms with Gasteiger partial charge in [-0.15, -0.1) is 0 Å². The molecule has 0 amide bonds. The van der Waals surface area contributed by atoms with Crippen LogP contribution in [0, 0.1) is 5.82 Å². The van der Waals surface area contributed by atoms with Crippen molar-refractivity contribution in [1.82, 2.24) is 0 Å². The lowest BCUT2D eigenvalue weighted by molar-refractivity contribution is 0.0693. The first-order valence-corrected chi connectivity index (χ1v) is 7.56. The number of anilines is 1. The summed E-state index contributed by atoms with van der Waals surface area (Å²) < 4.78 is 13.5. The fourth-order valence-corrected chi connectivity index (χ4v) is 3.68. The van der Waals surface area contributed by atoms with Crippen LogP contribution < -0.4 is 5.32 Å². The van der Waals surface area contributed by atoms with Gasteiger partial charge in [-0.1, -0.05) is 13.0 Å². The number of carboxylic acid groups (broad SMARTS) is 1. The Bertz CT molecular complexity index is 467. The smallest absolute Gasteiger partial charge is 0.340 e. The molecule has 1 aromatic carbocycles. The summed E-state index contributed by atoms with van der Waals surface area (Å²) >= 11 is 1.94. The molecule has 3 nitrogen and oxygen atoms in total. The van der Waals surface area contributed by atoms with Gasteiger partial charge < -0.3 is 10.4 Å². The summed E-state index contributed by atoms with van der Waals surface area (Å²) in [5.41, 5.74) is 0.133. The molecule has 2 unspecified atom stereocenters. The van der Waals surface area contributed by atoms with Crippen molar-refractivity contribution in [3.05, 3.63) is 29.6 Å². The lowest BCUT2D eigenvalue weighted by atomic mass is 10.1. The van der Waals surface area contributed by atoms with E-state index >= 15 is 0 Å². The first-order valence-electron chi connectivity index (χ1n) is 6.51. The molecule has 2 N–H and O–H groups in total. The lowest BCUT2D eigenvalue weighted by Crippen LogP contribution is -2.19. The molecule has 0 saturated heterocycles. The Labute approximate surface area is 116 Å². The first kappa shape index (κ1) is 14.2. The number of carbonyl (C=O) groups is 1. The van der Waals surface area contributed by atoms with Crippen LogP contribution in [-0.2, 0) is 0 Å². The van der Waals surface area contributed by atoms with E-state index in [1.54, 1.807) is 6.07 Å². The van der Waals surface area contributed by atoms with Crippen molar-refractivity contribution in [2.24, 2.45) is 0 Å². The van der Waals surface area contributed by atoms with Crippen molar-refractivity contribution in [3.8, 4) is 0 Å². The molecule has 0 spiro atoms. The third kappa shape index (κ3) is 3.41. The Morgan fingerprint density at radius 1 is 1.53 bits per heavy atom. The van der Waals surface area contributed by atoms with E-state index in [0.29, 0.717) is 10.9 Å². The van der Waals surface area contributed by atoms with Gasteiger partial charge in [-0.25, -0.2) is 9.18 Å². The van der Waals surface area contributed by atoms with Crippen molar-refractivity contribution in [2.45, 2.75) is 37.5 Å². The number of halogens is 1. The predicted molar refractivity (Wildman–Crippen MR) is 76.5 cm³/mol. The molecular weight excluding hydrogens is 265 g/mol. The fraction of sp³-hybridized carbons (Fsp3) is 0.500. The van der Waals surface area contributed by atoms with Gasteiger partial charge in [0, 0.05) is 11.3 Å². The van der Waals surface area contributed by atoms with Gasteiger partial charge in [0.2, 0.25) is 0 Å². The van der Waals surface area contributed by atoms with Gasteiger partial charge in [0.05, 0.1) is 5.69 Å². The van der Waals surface area contributed by atoms with Crippen LogP contribution in [0.25, 0.3) is 0 Å². The summed E-state index contributed by atoms with van der Waals surface area (Å²) in [5.74, 6) is -0.814.